The minimum atomic E-state index is -3.51. The summed E-state index contributed by atoms with van der Waals surface area (Å²) in [7, 11) is -3.51. The molecule has 0 aliphatic heterocycles. The second-order valence-corrected chi connectivity index (χ2v) is 5.89. The standard InChI is InChI=1S/C14H15NO2S/c1-11-8-9-14(12(2)10-11)18(16,17)15-13-6-4-3-5-7-13/h3-10,15H,1-2H3. The minimum absolute atomic E-state index is 0.317. The summed E-state index contributed by atoms with van der Waals surface area (Å²) >= 11 is 0. The lowest BCUT2D eigenvalue weighted by Gasteiger charge is -2.10. The quantitative estimate of drug-likeness (QED) is 0.922. The van der Waals surface area contributed by atoms with Gasteiger partial charge >= 0.3 is 0 Å². The Hall–Kier alpha value is -1.81. The third-order valence-electron chi connectivity index (χ3n) is 2.65. The molecule has 3 nitrogen and oxygen atoms in total. The topological polar surface area (TPSA) is 46.2 Å². The highest BCUT2D eigenvalue weighted by molar-refractivity contribution is 7.92. The van der Waals surface area contributed by atoms with Gasteiger partial charge in [-0.3, -0.25) is 4.72 Å². The molecule has 0 unspecified atom stereocenters. The molecule has 0 bridgehead atoms. The Labute approximate surface area is 108 Å². The molecular formula is C14H15NO2S. The Morgan fingerprint density at radius 1 is 0.944 bits per heavy atom. The van der Waals surface area contributed by atoms with Crippen LogP contribution in [-0.2, 0) is 10.0 Å². The first kappa shape index (κ1) is 12.6. The summed E-state index contributed by atoms with van der Waals surface area (Å²) in [6.45, 7) is 3.74. The largest absolute Gasteiger partial charge is 0.280 e. The van der Waals surface area contributed by atoms with Gasteiger partial charge in [-0.1, -0.05) is 35.9 Å². The zero-order valence-electron chi connectivity index (χ0n) is 10.3. The van der Waals surface area contributed by atoms with E-state index < -0.39 is 10.0 Å². The molecule has 0 amide bonds. The maximum atomic E-state index is 12.2. The lowest BCUT2D eigenvalue weighted by Crippen LogP contribution is -2.14. The highest BCUT2D eigenvalue weighted by atomic mass is 32.2. The number of hydrogen-bond donors (Lipinski definition) is 1. The summed E-state index contributed by atoms with van der Waals surface area (Å²) in [4.78, 5) is 0.317. The normalized spacial score (nSPS) is 11.2. The Bertz CT molecular complexity index is 649. The molecule has 94 valence electrons. The lowest BCUT2D eigenvalue weighted by atomic mass is 10.2. The van der Waals surface area contributed by atoms with E-state index in [2.05, 4.69) is 4.72 Å². The van der Waals surface area contributed by atoms with E-state index in [9.17, 15) is 8.42 Å². The van der Waals surface area contributed by atoms with Crippen LogP contribution in [0.2, 0.25) is 0 Å². The van der Waals surface area contributed by atoms with Gasteiger partial charge in [-0.05, 0) is 37.6 Å². The molecule has 0 heterocycles. The van der Waals surface area contributed by atoms with Crippen LogP contribution in [0.15, 0.2) is 53.4 Å². The smallest absolute Gasteiger partial charge is 0.262 e. The van der Waals surface area contributed by atoms with Gasteiger partial charge in [-0.25, -0.2) is 8.42 Å². The maximum Gasteiger partial charge on any atom is 0.262 e. The molecule has 0 spiro atoms. The van der Waals surface area contributed by atoms with E-state index in [1.807, 2.05) is 19.1 Å². The van der Waals surface area contributed by atoms with Gasteiger partial charge in [0.1, 0.15) is 0 Å². The van der Waals surface area contributed by atoms with Crippen LogP contribution in [0, 0.1) is 13.8 Å². The molecule has 18 heavy (non-hydrogen) atoms. The fourth-order valence-electron chi connectivity index (χ4n) is 1.82. The average molecular weight is 261 g/mol. The first-order chi connectivity index (χ1) is 8.49. The molecule has 1 N–H and O–H groups in total. The maximum absolute atomic E-state index is 12.2. The highest BCUT2D eigenvalue weighted by Gasteiger charge is 2.16. The van der Waals surface area contributed by atoms with Gasteiger partial charge in [0.15, 0.2) is 0 Å². The van der Waals surface area contributed by atoms with Gasteiger partial charge in [0.2, 0.25) is 0 Å². The molecular weight excluding hydrogens is 246 g/mol. The number of rotatable bonds is 3. The lowest BCUT2D eigenvalue weighted by molar-refractivity contribution is 0.600. The van der Waals surface area contributed by atoms with E-state index in [-0.39, 0.29) is 0 Å². The van der Waals surface area contributed by atoms with Gasteiger partial charge in [-0.15, -0.1) is 0 Å². The van der Waals surface area contributed by atoms with Crippen LogP contribution in [0.1, 0.15) is 11.1 Å². The molecule has 0 saturated carbocycles. The molecule has 0 radical (unpaired) electrons. The number of para-hydroxylation sites is 1. The zero-order valence-corrected chi connectivity index (χ0v) is 11.2. The Balaban J connectivity index is 2.37. The van der Waals surface area contributed by atoms with Gasteiger partial charge in [-0.2, -0.15) is 0 Å². The van der Waals surface area contributed by atoms with Crippen molar-refractivity contribution < 1.29 is 8.42 Å². The first-order valence-corrected chi connectivity index (χ1v) is 7.12. The zero-order chi connectivity index (χ0) is 13.2. The van der Waals surface area contributed by atoms with Gasteiger partial charge in [0.05, 0.1) is 4.90 Å². The fraction of sp³-hybridized carbons (Fsp3) is 0.143. The number of benzene rings is 2. The van der Waals surface area contributed by atoms with E-state index in [0.717, 1.165) is 11.1 Å². The molecule has 0 saturated heterocycles. The second kappa shape index (κ2) is 4.82. The number of nitrogens with one attached hydrogen (secondary N) is 1. The molecule has 2 aromatic rings. The summed E-state index contributed by atoms with van der Waals surface area (Å²) in [6.07, 6.45) is 0. The summed E-state index contributed by atoms with van der Waals surface area (Å²) in [5.74, 6) is 0. The van der Waals surface area contributed by atoms with Crippen molar-refractivity contribution >= 4 is 15.7 Å². The van der Waals surface area contributed by atoms with Crippen molar-refractivity contribution in [2.24, 2.45) is 0 Å². The van der Waals surface area contributed by atoms with E-state index in [0.29, 0.717) is 10.6 Å². The van der Waals surface area contributed by atoms with Crippen molar-refractivity contribution in [1.82, 2.24) is 0 Å². The predicted octanol–water partition coefficient (Wildman–Crippen LogP) is 3.10. The Kier molecular flexibility index (Phi) is 3.39. The van der Waals surface area contributed by atoms with Crippen LogP contribution in [0.5, 0.6) is 0 Å². The van der Waals surface area contributed by atoms with Gasteiger partial charge in [0.25, 0.3) is 10.0 Å². The molecule has 0 atom stereocenters. The molecule has 4 heteroatoms. The van der Waals surface area contributed by atoms with Crippen molar-refractivity contribution in [3.8, 4) is 0 Å². The molecule has 0 fully saturated rings. The van der Waals surface area contributed by atoms with E-state index in [4.69, 9.17) is 0 Å². The number of aryl methyl sites for hydroxylation is 2. The van der Waals surface area contributed by atoms with E-state index >= 15 is 0 Å². The summed E-state index contributed by atoms with van der Waals surface area (Å²) in [6, 6.07) is 14.2. The highest BCUT2D eigenvalue weighted by Crippen LogP contribution is 2.19. The SMILES string of the molecule is Cc1ccc(S(=O)(=O)Nc2ccccc2)c(C)c1. The van der Waals surface area contributed by atoms with Gasteiger partial charge < -0.3 is 0 Å². The van der Waals surface area contributed by atoms with Crippen LogP contribution in [0.3, 0.4) is 0 Å². The number of anilines is 1. The minimum Gasteiger partial charge on any atom is -0.280 e. The van der Waals surface area contributed by atoms with Crippen molar-refractivity contribution in [2.75, 3.05) is 4.72 Å². The molecule has 2 aromatic carbocycles. The van der Waals surface area contributed by atoms with E-state index in [1.54, 1.807) is 43.3 Å². The van der Waals surface area contributed by atoms with Crippen LogP contribution in [0.4, 0.5) is 5.69 Å². The van der Waals surface area contributed by atoms with E-state index in [1.165, 1.54) is 0 Å². The van der Waals surface area contributed by atoms with Crippen molar-refractivity contribution in [2.45, 2.75) is 18.7 Å². The van der Waals surface area contributed by atoms with Crippen LogP contribution >= 0.6 is 0 Å². The second-order valence-electron chi connectivity index (χ2n) is 4.24. The van der Waals surface area contributed by atoms with Crippen LogP contribution in [0.25, 0.3) is 0 Å². The number of hydrogen-bond acceptors (Lipinski definition) is 2. The monoisotopic (exact) mass is 261 g/mol. The molecule has 0 aromatic heterocycles. The third-order valence-corrected chi connectivity index (χ3v) is 4.19. The van der Waals surface area contributed by atoms with Crippen LogP contribution in [-0.4, -0.2) is 8.42 Å². The summed E-state index contributed by atoms with van der Waals surface area (Å²) < 4.78 is 27.0. The fourth-order valence-corrected chi connectivity index (χ4v) is 3.10. The molecule has 0 aliphatic carbocycles. The predicted molar refractivity (Wildman–Crippen MR) is 73.2 cm³/mol. The molecule has 2 rings (SSSR count). The van der Waals surface area contributed by atoms with Crippen LogP contribution < -0.4 is 4.72 Å². The van der Waals surface area contributed by atoms with Crippen molar-refractivity contribution in [1.29, 1.82) is 0 Å². The number of sulfonamides is 1. The summed E-state index contributed by atoms with van der Waals surface area (Å²) in [5.41, 5.74) is 2.36. The van der Waals surface area contributed by atoms with Crippen molar-refractivity contribution in [3.05, 3.63) is 59.7 Å². The first-order valence-electron chi connectivity index (χ1n) is 5.64. The summed E-state index contributed by atoms with van der Waals surface area (Å²) in [5, 5.41) is 0. The average Bonchev–Trinajstić information content (AvgIpc) is 2.29. The van der Waals surface area contributed by atoms with Gasteiger partial charge in [0, 0.05) is 5.69 Å². The van der Waals surface area contributed by atoms with Crippen molar-refractivity contribution in [3.63, 3.8) is 0 Å². The third kappa shape index (κ3) is 2.71. The Morgan fingerprint density at radius 2 is 1.61 bits per heavy atom. The Morgan fingerprint density at radius 3 is 2.22 bits per heavy atom. The molecule has 0 aliphatic rings.